The Morgan fingerprint density at radius 3 is 2.18 bits per heavy atom. The third-order valence-electron chi connectivity index (χ3n) is 3.60. The molecule has 6 nitrogen and oxygen atoms in total. The molecule has 0 spiro atoms. The number of aliphatic carboxylic acids is 1. The van der Waals surface area contributed by atoms with Crippen molar-refractivity contribution in [2.45, 2.75) is 37.3 Å². The minimum absolute atomic E-state index is 0.0000926. The second-order valence-corrected chi connectivity index (χ2v) is 7.04. The number of carboxylic acid groups (broad SMARTS) is 1. The first-order chi connectivity index (χ1) is 7.91. The fourth-order valence-corrected chi connectivity index (χ4v) is 3.85. The molecule has 96 valence electrons. The molecule has 0 aromatic rings. The summed E-state index contributed by atoms with van der Waals surface area (Å²) in [7, 11) is -3.14. The van der Waals surface area contributed by atoms with Crippen LogP contribution in [0.2, 0.25) is 0 Å². The Morgan fingerprint density at radius 2 is 1.82 bits per heavy atom. The summed E-state index contributed by atoms with van der Waals surface area (Å²) in [5, 5.41) is 9.34. The lowest BCUT2D eigenvalue weighted by molar-refractivity contribution is -0.156. The van der Waals surface area contributed by atoms with Gasteiger partial charge in [0.2, 0.25) is 6.41 Å². The summed E-state index contributed by atoms with van der Waals surface area (Å²) in [6.07, 6.45) is 2.17. The van der Waals surface area contributed by atoms with Gasteiger partial charge in [-0.1, -0.05) is 0 Å². The summed E-state index contributed by atoms with van der Waals surface area (Å²) in [5.74, 6) is -1.40. The highest BCUT2D eigenvalue weighted by Gasteiger charge is 2.52. The standard InChI is InChI=1S/C10H15NO5S/c12-7-11(8-1-2-8)10(9(13)14)3-5-17(15,16)6-4-10/h7-8H,1-6H2,(H,13,14). The van der Waals surface area contributed by atoms with Crippen molar-refractivity contribution < 1.29 is 23.1 Å². The second kappa shape index (κ2) is 3.97. The number of carbonyl (C=O) groups excluding carboxylic acids is 1. The molecule has 1 saturated heterocycles. The Morgan fingerprint density at radius 1 is 1.29 bits per heavy atom. The molecule has 1 saturated carbocycles. The van der Waals surface area contributed by atoms with E-state index >= 15 is 0 Å². The number of sulfone groups is 1. The van der Waals surface area contributed by atoms with E-state index in [0.717, 1.165) is 12.8 Å². The Balaban J connectivity index is 2.27. The molecular weight excluding hydrogens is 246 g/mol. The molecule has 1 aliphatic heterocycles. The topological polar surface area (TPSA) is 91.8 Å². The third kappa shape index (κ3) is 2.15. The SMILES string of the molecule is O=CN(C1CC1)C1(C(=O)O)CCS(=O)(=O)CC1. The van der Waals surface area contributed by atoms with Gasteiger partial charge in [0.05, 0.1) is 11.5 Å². The summed E-state index contributed by atoms with van der Waals surface area (Å²) in [4.78, 5) is 23.8. The summed E-state index contributed by atoms with van der Waals surface area (Å²) >= 11 is 0. The largest absolute Gasteiger partial charge is 0.479 e. The van der Waals surface area contributed by atoms with Crippen LogP contribution < -0.4 is 0 Å². The lowest BCUT2D eigenvalue weighted by atomic mass is 9.90. The van der Waals surface area contributed by atoms with Gasteiger partial charge in [0.25, 0.3) is 0 Å². The molecule has 7 heteroatoms. The van der Waals surface area contributed by atoms with Gasteiger partial charge < -0.3 is 10.0 Å². The van der Waals surface area contributed by atoms with Crippen LogP contribution in [0.3, 0.4) is 0 Å². The zero-order chi connectivity index (χ0) is 12.7. The van der Waals surface area contributed by atoms with Crippen LogP contribution in [0.25, 0.3) is 0 Å². The lowest BCUT2D eigenvalue weighted by Crippen LogP contribution is -2.58. The molecule has 1 amide bonds. The quantitative estimate of drug-likeness (QED) is 0.698. The van der Waals surface area contributed by atoms with Crippen LogP contribution in [0.4, 0.5) is 0 Å². The molecule has 1 N–H and O–H groups in total. The van der Waals surface area contributed by atoms with Gasteiger partial charge in [-0.3, -0.25) is 4.79 Å². The normalized spacial score (nSPS) is 26.1. The van der Waals surface area contributed by atoms with Crippen LogP contribution in [0.15, 0.2) is 0 Å². The number of carbonyl (C=O) groups is 2. The molecule has 17 heavy (non-hydrogen) atoms. The predicted octanol–water partition coefficient (Wildman–Crippen LogP) is -0.361. The highest BCUT2D eigenvalue weighted by atomic mass is 32.2. The predicted molar refractivity (Wildman–Crippen MR) is 59.2 cm³/mol. The highest BCUT2D eigenvalue weighted by Crippen LogP contribution is 2.38. The zero-order valence-electron chi connectivity index (χ0n) is 9.33. The van der Waals surface area contributed by atoms with Crippen molar-refractivity contribution in [3.8, 4) is 0 Å². The molecule has 1 aliphatic carbocycles. The third-order valence-corrected chi connectivity index (χ3v) is 5.25. The Kier molecular flexibility index (Phi) is 2.89. The number of hydrogen-bond acceptors (Lipinski definition) is 4. The van der Waals surface area contributed by atoms with Crippen molar-refractivity contribution in [2.75, 3.05) is 11.5 Å². The summed E-state index contributed by atoms with van der Waals surface area (Å²) in [6.45, 7) is 0. The molecule has 0 aromatic heterocycles. The molecule has 0 radical (unpaired) electrons. The Labute approximate surface area is 99.5 Å². The van der Waals surface area contributed by atoms with Gasteiger partial charge in [0.15, 0.2) is 9.84 Å². The summed E-state index contributed by atoms with van der Waals surface area (Å²) in [5.41, 5.74) is -1.31. The van der Waals surface area contributed by atoms with Gasteiger partial charge in [-0.05, 0) is 25.7 Å². The fourth-order valence-electron chi connectivity index (χ4n) is 2.35. The van der Waals surface area contributed by atoms with Gasteiger partial charge in [0.1, 0.15) is 5.54 Å². The molecule has 0 unspecified atom stereocenters. The molecule has 1 heterocycles. The molecule has 0 aromatic carbocycles. The van der Waals surface area contributed by atoms with Gasteiger partial charge in [-0.2, -0.15) is 0 Å². The maximum absolute atomic E-state index is 11.4. The van der Waals surface area contributed by atoms with E-state index in [1.807, 2.05) is 0 Å². The minimum Gasteiger partial charge on any atom is -0.479 e. The van der Waals surface area contributed by atoms with E-state index in [1.54, 1.807) is 0 Å². The van der Waals surface area contributed by atoms with Crippen molar-refractivity contribution in [3.05, 3.63) is 0 Å². The smallest absolute Gasteiger partial charge is 0.329 e. The van der Waals surface area contributed by atoms with E-state index in [-0.39, 0.29) is 30.4 Å². The second-order valence-electron chi connectivity index (χ2n) is 4.73. The van der Waals surface area contributed by atoms with Crippen LogP contribution in [0, 0.1) is 0 Å². The van der Waals surface area contributed by atoms with Crippen LogP contribution in [0.5, 0.6) is 0 Å². The Hall–Kier alpha value is -1.11. The average molecular weight is 261 g/mol. The number of carboxylic acids is 1. The van der Waals surface area contributed by atoms with E-state index in [1.165, 1.54) is 4.90 Å². The van der Waals surface area contributed by atoms with E-state index in [9.17, 15) is 23.1 Å². The van der Waals surface area contributed by atoms with Crippen LogP contribution in [-0.4, -0.2) is 53.9 Å². The summed E-state index contributed by atoms with van der Waals surface area (Å²) in [6, 6.07) is -0.0237. The average Bonchev–Trinajstić information content (AvgIpc) is 3.05. The van der Waals surface area contributed by atoms with Crippen molar-refractivity contribution in [1.82, 2.24) is 4.90 Å². The maximum atomic E-state index is 11.4. The van der Waals surface area contributed by atoms with Crippen LogP contribution >= 0.6 is 0 Å². The Bertz CT molecular complexity index is 426. The van der Waals surface area contributed by atoms with Crippen molar-refractivity contribution in [2.24, 2.45) is 0 Å². The van der Waals surface area contributed by atoms with E-state index < -0.39 is 21.3 Å². The monoisotopic (exact) mass is 261 g/mol. The fraction of sp³-hybridized carbons (Fsp3) is 0.800. The summed E-state index contributed by atoms with van der Waals surface area (Å²) < 4.78 is 22.7. The highest BCUT2D eigenvalue weighted by molar-refractivity contribution is 7.91. The number of hydrogen-bond donors (Lipinski definition) is 1. The van der Waals surface area contributed by atoms with Gasteiger partial charge >= 0.3 is 5.97 Å². The first kappa shape index (κ1) is 12.3. The minimum atomic E-state index is -3.14. The van der Waals surface area contributed by atoms with Gasteiger partial charge in [0, 0.05) is 6.04 Å². The first-order valence-electron chi connectivity index (χ1n) is 5.59. The zero-order valence-corrected chi connectivity index (χ0v) is 10.1. The molecule has 2 fully saturated rings. The van der Waals surface area contributed by atoms with E-state index in [0.29, 0.717) is 6.41 Å². The molecule has 0 bridgehead atoms. The van der Waals surface area contributed by atoms with Crippen LogP contribution in [0.1, 0.15) is 25.7 Å². The molecule has 0 atom stereocenters. The van der Waals surface area contributed by atoms with Crippen molar-refractivity contribution in [1.29, 1.82) is 0 Å². The van der Waals surface area contributed by atoms with E-state index in [4.69, 9.17) is 0 Å². The lowest BCUT2D eigenvalue weighted by Gasteiger charge is -2.40. The molecule has 2 aliphatic rings. The van der Waals surface area contributed by atoms with Gasteiger partial charge in [-0.25, -0.2) is 13.2 Å². The first-order valence-corrected chi connectivity index (χ1v) is 7.41. The van der Waals surface area contributed by atoms with E-state index in [2.05, 4.69) is 0 Å². The van der Waals surface area contributed by atoms with Gasteiger partial charge in [-0.15, -0.1) is 0 Å². The van der Waals surface area contributed by atoms with Crippen LogP contribution in [-0.2, 0) is 19.4 Å². The number of nitrogens with zero attached hydrogens (tertiary/aromatic N) is 1. The number of rotatable bonds is 4. The van der Waals surface area contributed by atoms with Crippen molar-refractivity contribution >= 4 is 22.2 Å². The molecule has 2 rings (SSSR count). The number of amides is 1. The maximum Gasteiger partial charge on any atom is 0.329 e. The molecular formula is C10H15NO5S. The van der Waals surface area contributed by atoms with Crippen molar-refractivity contribution in [3.63, 3.8) is 0 Å².